The zero-order valence-electron chi connectivity index (χ0n) is 19.4. The Hall–Kier alpha value is -1.63. The molecule has 0 aromatic heterocycles. The summed E-state index contributed by atoms with van der Waals surface area (Å²) in [6, 6.07) is -1.84. The van der Waals surface area contributed by atoms with Gasteiger partial charge in [0.15, 0.2) is 0 Å². The van der Waals surface area contributed by atoms with Crippen molar-refractivity contribution in [1.29, 1.82) is 0 Å². The summed E-state index contributed by atoms with van der Waals surface area (Å²) in [5, 5.41) is 12.4. The molecule has 31 heavy (non-hydrogen) atoms. The fourth-order valence-electron chi connectivity index (χ4n) is 4.73. The van der Waals surface area contributed by atoms with Crippen molar-refractivity contribution < 1.29 is 24.2 Å². The van der Waals surface area contributed by atoms with Gasteiger partial charge in [-0.2, -0.15) is 0 Å². The summed E-state index contributed by atoms with van der Waals surface area (Å²) in [6.07, 6.45) is 15.3. The number of rotatable bonds is 15. The first-order valence-corrected chi connectivity index (χ1v) is 12.4. The first-order chi connectivity index (χ1) is 14.9. The molecule has 4 atom stereocenters. The number of cyclic esters (lactones) is 1. The summed E-state index contributed by atoms with van der Waals surface area (Å²) >= 11 is 0. The number of carboxylic acid groups (broad SMARTS) is 1. The average Bonchev–Trinajstić information content (AvgIpc) is 3.36. The molecule has 0 bridgehead atoms. The predicted molar refractivity (Wildman–Crippen MR) is 120 cm³/mol. The molecule has 2 aliphatic rings. The van der Waals surface area contributed by atoms with Crippen LogP contribution in [0, 0.1) is 0 Å². The predicted octanol–water partition coefficient (Wildman–Crippen LogP) is 4.04. The summed E-state index contributed by atoms with van der Waals surface area (Å²) < 4.78 is 5.50. The lowest BCUT2D eigenvalue weighted by Gasteiger charge is -2.26. The van der Waals surface area contributed by atoms with Crippen LogP contribution in [0.15, 0.2) is 0 Å². The van der Waals surface area contributed by atoms with Gasteiger partial charge in [-0.05, 0) is 32.6 Å². The number of nitrogens with zero attached hydrogens (tertiary/aromatic N) is 1. The van der Waals surface area contributed by atoms with Gasteiger partial charge in [-0.25, -0.2) is 4.79 Å². The Labute approximate surface area is 187 Å². The highest BCUT2D eigenvalue weighted by atomic mass is 16.6. The number of carbonyl (C=O) groups is 3. The standard InChI is InChI=1S/C24H42N2O5/c1-3-4-5-6-7-8-9-10-11-12-14-19-17-20(24(30)31-19)25-18(2)22(27)26-16-13-15-21(26)23(28)29/h18-21,25H,3-17H2,1-2H3,(H,28,29)/t18-,19?,20?,21-/m0/s1. The molecule has 178 valence electrons. The molecule has 2 unspecified atom stereocenters. The Morgan fingerprint density at radius 3 is 2.32 bits per heavy atom. The molecule has 2 aliphatic heterocycles. The van der Waals surface area contributed by atoms with Gasteiger partial charge in [-0.15, -0.1) is 0 Å². The van der Waals surface area contributed by atoms with Crippen LogP contribution in [-0.2, 0) is 19.1 Å². The molecule has 0 aromatic rings. The maximum atomic E-state index is 12.7. The van der Waals surface area contributed by atoms with Crippen molar-refractivity contribution in [2.45, 2.75) is 128 Å². The summed E-state index contributed by atoms with van der Waals surface area (Å²) in [5.74, 6) is -1.52. The van der Waals surface area contributed by atoms with Crippen LogP contribution in [0.25, 0.3) is 0 Å². The molecule has 2 rings (SSSR count). The third kappa shape index (κ3) is 8.43. The van der Waals surface area contributed by atoms with Gasteiger partial charge < -0.3 is 14.7 Å². The minimum absolute atomic E-state index is 0.0834. The summed E-state index contributed by atoms with van der Waals surface area (Å²) in [5.41, 5.74) is 0. The molecule has 2 heterocycles. The van der Waals surface area contributed by atoms with Crippen LogP contribution in [0.2, 0.25) is 0 Å². The second kappa shape index (κ2) is 13.7. The van der Waals surface area contributed by atoms with Crippen LogP contribution in [0.1, 0.15) is 104 Å². The molecule has 7 heteroatoms. The second-order valence-electron chi connectivity index (χ2n) is 9.23. The second-order valence-corrected chi connectivity index (χ2v) is 9.23. The zero-order chi connectivity index (χ0) is 22.6. The van der Waals surface area contributed by atoms with E-state index in [9.17, 15) is 19.5 Å². The average molecular weight is 439 g/mol. The zero-order valence-corrected chi connectivity index (χ0v) is 19.4. The minimum Gasteiger partial charge on any atom is -0.480 e. The van der Waals surface area contributed by atoms with Crippen LogP contribution in [-0.4, -0.2) is 58.6 Å². The highest BCUT2D eigenvalue weighted by Gasteiger charge is 2.39. The Morgan fingerprint density at radius 1 is 1.10 bits per heavy atom. The van der Waals surface area contributed by atoms with Gasteiger partial charge in [0, 0.05) is 13.0 Å². The van der Waals surface area contributed by atoms with E-state index in [1.54, 1.807) is 6.92 Å². The molecule has 0 aliphatic carbocycles. The number of ether oxygens (including phenoxy) is 1. The van der Waals surface area contributed by atoms with E-state index in [1.165, 1.54) is 62.7 Å². The van der Waals surface area contributed by atoms with E-state index in [-0.39, 0.29) is 18.0 Å². The Kier molecular flexibility index (Phi) is 11.3. The molecule has 1 amide bonds. The number of hydrogen-bond acceptors (Lipinski definition) is 5. The molecule has 0 spiro atoms. The van der Waals surface area contributed by atoms with Crippen LogP contribution < -0.4 is 5.32 Å². The molecule has 2 fully saturated rings. The highest BCUT2D eigenvalue weighted by Crippen LogP contribution is 2.23. The van der Waals surface area contributed by atoms with E-state index in [4.69, 9.17) is 4.74 Å². The van der Waals surface area contributed by atoms with Gasteiger partial charge in [0.25, 0.3) is 0 Å². The van der Waals surface area contributed by atoms with Crippen molar-refractivity contribution in [3.63, 3.8) is 0 Å². The number of amides is 1. The number of esters is 1. The third-order valence-electron chi connectivity index (χ3n) is 6.59. The van der Waals surface area contributed by atoms with Crippen molar-refractivity contribution in [3.05, 3.63) is 0 Å². The summed E-state index contributed by atoms with van der Waals surface area (Å²) in [7, 11) is 0. The van der Waals surface area contributed by atoms with Crippen LogP contribution in [0.4, 0.5) is 0 Å². The third-order valence-corrected chi connectivity index (χ3v) is 6.59. The monoisotopic (exact) mass is 438 g/mol. The fourth-order valence-corrected chi connectivity index (χ4v) is 4.73. The Bertz CT molecular complexity index is 582. The number of nitrogens with one attached hydrogen (secondary N) is 1. The molecule has 2 N–H and O–H groups in total. The first kappa shape index (κ1) is 25.6. The van der Waals surface area contributed by atoms with Crippen LogP contribution in [0.5, 0.6) is 0 Å². The maximum absolute atomic E-state index is 12.7. The van der Waals surface area contributed by atoms with Gasteiger partial charge >= 0.3 is 11.9 Å². The van der Waals surface area contributed by atoms with Gasteiger partial charge in [0.1, 0.15) is 18.2 Å². The largest absolute Gasteiger partial charge is 0.480 e. The smallest absolute Gasteiger partial charge is 0.326 e. The van der Waals surface area contributed by atoms with Gasteiger partial charge in [-0.3, -0.25) is 14.9 Å². The number of aliphatic carboxylic acids is 1. The first-order valence-electron chi connectivity index (χ1n) is 12.4. The number of unbranched alkanes of at least 4 members (excludes halogenated alkanes) is 9. The number of carbonyl (C=O) groups excluding carboxylic acids is 2. The van der Waals surface area contributed by atoms with Gasteiger partial charge in [0.2, 0.25) is 5.91 Å². The van der Waals surface area contributed by atoms with E-state index in [2.05, 4.69) is 12.2 Å². The fraction of sp³-hybridized carbons (Fsp3) is 0.875. The summed E-state index contributed by atoms with van der Waals surface area (Å²) in [4.78, 5) is 37.6. The topological polar surface area (TPSA) is 95.9 Å². The molecule has 0 saturated carbocycles. The van der Waals surface area contributed by atoms with Crippen molar-refractivity contribution in [1.82, 2.24) is 10.2 Å². The van der Waals surface area contributed by atoms with E-state index in [1.807, 2.05) is 0 Å². The van der Waals surface area contributed by atoms with Crippen molar-refractivity contribution in [3.8, 4) is 0 Å². The summed E-state index contributed by atoms with van der Waals surface area (Å²) in [6.45, 7) is 4.39. The van der Waals surface area contributed by atoms with Crippen molar-refractivity contribution >= 4 is 17.8 Å². The van der Waals surface area contributed by atoms with E-state index in [0.29, 0.717) is 25.8 Å². The Morgan fingerprint density at radius 2 is 1.71 bits per heavy atom. The molecule has 0 aromatic carbocycles. The number of hydrogen-bond donors (Lipinski definition) is 2. The van der Waals surface area contributed by atoms with Crippen molar-refractivity contribution in [2.24, 2.45) is 0 Å². The molecule has 0 radical (unpaired) electrons. The molecular formula is C24H42N2O5. The Balaban J connectivity index is 1.60. The van der Waals surface area contributed by atoms with E-state index < -0.39 is 24.1 Å². The number of carboxylic acids is 1. The molecule has 2 saturated heterocycles. The van der Waals surface area contributed by atoms with Crippen LogP contribution in [0.3, 0.4) is 0 Å². The molecule has 7 nitrogen and oxygen atoms in total. The molecular weight excluding hydrogens is 396 g/mol. The normalized spacial score (nSPS) is 24.4. The minimum atomic E-state index is -0.963. The van der Waals surface area contributed by atoms with Crippen molar-refractivity contribution in [2.75, 3.05) is 6.54 Å². The van der Waals surface area contributed by atoms with Gasteiger partial charge in [0.05, 0.1) is 6.04 Å². The van der Waals surface area contributed by atoms with E-state index >= 15 is 0 Å². The lowest BCUT2D eigenvalue weighted by Crippen LogP contribution is -2.52. The van der Waals surface area contributed by atoms with Gasteiger partial charge in [-0.1, -0.05) is 64.7 Å². The van der Waals surface area contributed by atoms with E-state index in [0.717, 1.165) is 12.8 Å². The quantitative estimate of drug-likeness (QED) is 0.296. The maximum Gasteiger partial charge on any atom is 0.326 e. The highest BCUT2D eigenvalue weighted by molar-refractivity contribution is 5.88. The lowest BCUT2D eigenvalue weighted by atomic mass is 10.0. The lowest BCUT2D eigenvalue weighted by molar-refractivity contribution is -0.149. The SMILES string of the molecule is CCCCCCCCCCCCC1CC(N[C@@H](C)C(=O)N2CCC[C@H]2C(=O)O)C(=O)O1. The van der Waals surface area contributed by atoms with Crippen LogP contribution >= 0.6 is 0 Å². The number of likely N-dealkylation sites (tertiary alicyclic amines) is 1.